The van der Waals surface area contributed by atoms with E-state index in [1.54, 1.807) is 13.2 Å². The Morgan fingerprint density at radius 1 is 1.27 bits per heavy atom. The van der Waals surface area contributed by atoms with Gasteiger partial charge >= 0.3 is 0 Å². The van der Waals surface area contributed by atoms with Gasteiger partial charge in [0.25, 0.3) is 0 Å². The van der Waals surface area contributed by atoms with Crippen molar-refractivity contribution in [2.75, 3.05) is 20.3 Å². The molecule has 26 heavy (non-hydrogen) atoms. The summed E-state index contributed by atoms with van der Waals surface area (Å²) in [5.41, 5.74) is 1.71. The van der Waals surface area contributed by atoms with E-state index in [2.05, 4.69) is 5.32 Å². The van der Waals surface area contributed by atoms with Gasteiger partial charge in [-0.25, -0.2) is 4.39 Å². The average Bonchev–Trinajstić information content (AvgIpc) is 3.15. The van der Waals surface area contributed by atoms with Gasteiger partial charge in [-0.2, -0.15) is 0 Å². The monoisotopic (exact) mass is 379 g/mol. The normalized spacial score (nSPS) is 16.7. The summed E-state index contributed by atoms with van der Waals surface area (Å²) in [7, 11) is 1.61. The van der Waals surface area contributed by atoms with Crippen molar-refractivity contribution in [1.82, 2.24) is 5.32 Å². The first kappa shape index (κ1) is 19.0. The minimum absolute atomic E-state index is 0.234. The number of ether oxygens (including phenoxy) is 3. The van der Waals surface area contributed by atoms with Gasteiger partial charge in [-0.1, -0.05) is 29.8 Å². The van der Waals surface area contributed by atoms with Gasteiger partial charge in [-0.3, -0.25) is 0 Å². The summed E-state index contributed by atoms with van der Waals surface area (Å²) in [4.78, 5) is 0. The zero-order valence-electron chi connectivity index (χ0n) is 14.8. The lowest BCUT2D eigenvalue weighted by Crippen LogP contribution is -2.26. The smallest absolute Gasteiger partial charge is 0.166 e. The summed E-state index contributed by atoms with van der Waals surface area (Å²) < 4.78 is 30.2. The van der Waals surface area contributed by atoms with Gasteiger partial charge in [0.2, 0.25) is 0 Å². The molecule has 1 aliphatic rings. The van der Waals surface area contributed by atoms with Crippen LogP contribution in [-0.2, 0) is 17.9 Å². The topological polar surface area (TPSA) is 39.7 Å². The van der Waals surface area contributed by atoms with Gasteiger partial charge in [0.1, 0.15) is 12.4 Å². The molecule has 6 heteroatoms. The summed E-state index contributed by atoms with van der Waals surface area (Å²) in [6.07, 6.45) is 2.50. The van der Waals surface area contributed by atoms with Crippen molar-refractivity contribution >= 4 is 11.6 Å². The van der Waals surface area contributed by atoms with Gasteiger partial charge in [0, 0.05) is 30.8 Å². The summed E-state index contributed by atoms with van der Waals surface area (Å²) in [5.74, 6) is 0.949. The zero-order chi connectivity index (χ0) is 18.4. The van der Waals surface area contributed by atoms with Crippen molar-refractivity contribution in [3.8, 4) is 11.5 Å². The fourth-order valence-corrected chi connectivity index (χ4v) is 3.21. The van der Waals surface area contributed by atoms with Crippen molar-refractivity contribution in [3.05, 3.63) is 58.4 Å². The Labute approximate surface area is 158 Å². The van der Waals surface area contributed by atoms with Crippen LogP contribution in [0, 0.1) is 5.82 Å². The molecule has 1 heterocycles. The molecule has 0 aromatic heterocycles. The predicted molar refractivity (Wildman–Crippen MR) is 99.4 cm³/mol. The van der Waals surface area contributed by atoms with E-state index in [1.165, 1.54) is 12.1 Å². The molecule has 2 aromatic carbocycles. The highest BCUT2D eigenvalue weighted by Gasteiger charge is 2.16. The molecule has 4 nitrogen and oxygen atoms in total. The Morgan fingerprint density at radius 3 is 2.88 bits per heavy atom. The second-order valence-electron chi connectivity index (χ2n) is 6.24. The molecular formula is C20H23ClFNO3. The summed E-state index contributed by atoms with van der Waals surface area (Å²) in [6.45, 7) is 2.53. The van der Waals surface area contributed by atoms with Crippen LogP contribution in [0.5, 0.6) is 11.5 Å². The molecule has 0 radical (unpaired) electrons. The molecule has 3 rings (SSSR count). The van der Waals surface area contributed by atoms with Gasteiger partial charge in [-0.05, 0) is 31.0 Å². The van der Waals surface area contributed by atoms with E-state index in [-0.39, 0.29) is 18.5 Å². The molecule has 0 spiro atoms. The van der Waals surface area contributed by atoms with E-state index >= 15 is 0 Å². The first-order valence-corrected chi connectivity index (χ1v) is 9.10. The number of halogens is 2. The van der Waals surface area contributed by atoms with Crippen molar-refractivity contribution < 1.29 is 18.6 Å². The third-order valence-electron chi connectivity index (χ3n) is 4.38. The number of methoxy groups -OCH3 is 1. The SMILES string of the molecule is COc1cccc(CNC[C@H]2CCCO2)c1OCc1ccc(F)cc1Cl. The van der Waals surface area contributed by atoms with E-state index in [4.69, 9.17) is 25.8 Å². The fraction of sp³-hybridized carbons (Fsp3) is 0.400. The number of hydrogen-bond acceptors (Lipinski definition) is 4. The second-order valence-corrected chi connectivity index (χ2v) is 6.65. The molecular weight excluding hydrogens is 357 g/mol. The summed E-state index contributed by atoms with van der Waals surface area (Å²) in [5, 5.41) is 3.76. The lowest BCUT2D eigenvalue weighted by atomic mass is 10.1. The van der Waals surface area contributed by atoms with Gasteiger partial charge < -0.3 is 19.5 Å². The Hall–Kier alpha value is -1.82. The molecule has 1 atom stereocenters. The molecule has 1 fully saturated rings. The lowest BCUT2D eigenvalue weighted by Gasteiger charge is -2.17. The van der Waals surface area contributed by atoms with Crippen LogP contribution in [0.3, 0.4) is 0 Å². The number of benzene rings is 2. The minimum atomic E-state index is -0.366. The third-order valence-corrected chi connectivity index (χ3v) is 4.73. The highest BCUT2D eigenvalue weighted by Crippen LogP contribution is 2.32. The summed E-state index contributed by atoms with van der Waals surface area (Å²) in [6, 6.07) is 10.1. The predicted octanol–water partition coefficient (Wildman–Crippen LogP) is 4.34. The fourth-order valence-electron chi connectivity index (χ4n) is 2.99. The minimum Gasteiger partial charge on any atom is -0.493 e. The van der Waals surface area contributed by atoms with Crippen LogP contribution < -0.4 is 14.8 Å². The second kappa shape index (κ2) is 9.21. The standard InChI is InChI=1S/C20H23ClFNO3/c1-24-19-6-2-4-14(11-23-12-17-5-3-9-25-17)20(19)26-13-15-7-8-16(22)10-18(15)21/h2,4,6-8,10,17,23H,3,5,9,11-13H2,1H3/t17-/m1/s1. The zero-order valence-corrected chi connectivity index (χ0v) is 15.5. The number of hydrogen-bond donors (Lipinski definition) is 1. The van der Waals surface area contributed by atoms with E-state index in [0.717, 1.165) is 37.1 Å². The van der Waals surface area contributed by atoms with Crippen LogP contribution in [0.2, 0.25) is 5.02 Å². The van der Waals surface area contributed by atoms with Gasteiger partial charge in [-0.15, -0.1) is 0 Å². The largest absolute Gasteiger partial charge is 0.493 e. The van der Waals surface area contributed by atoms with E-state index in [0.29, 0.717) is 23.1 Å². The number of para-hydroxylation sites is 1. The average molecular weight is 380 g/mol. The maximum Gasteiger partial charge on any atom is 0.166 e. The molecule has 0 saturated carbocycles. The molecule has 1 aliphatic heterocycles. The third kappa shape index (κ3) is 4.87. The number of rotatable bonds is 8. The number of nitrogens with one attached hydrogen (secondary N) is 1. The molecule has 0 bridgehead atoms. The molecule has 1 saturated heterocycles. The highest BCUT2D eigenvalue weighted by molar-refractivity contribution is 6.31. The van der Waals surface area contributed by atoms with Crippen LogP contribution in [0.4, 0.5) is 4.39 Å². The quantitative estimate of drug-likeness (QED) is 0.740. The van der Waals surface area contributed by atoms with Crippen LogP contribution >= 0.6 is 11.6 Å². The Morgan fingerprint density at radius 2 is 2.15 bits per heavy atom. The highest BCUT2D eigenvalue weighted by atomic mass is 35.5. The molecule has 1 N–H and O–H groups in total. The van der Waals surface area contributed by atoms with Crippen molar-refractivity contribution in [3.63, 3.8) is 0 Å². The van der Waals surface area contributed by atoms with Crippen LogP contribution in [0.1, 0.15) is 24.0 Å². The molecule has 0 unspecified atom stereocenters. The summed E-state index contributed by atoms with van der Waals surface area (Å²) >= 11 is 6.09. The van der Waals surface area contributed by atoms with Crippen LogP contribution in [0.15, 0.2) is 36.4 Å². The molecule has 0 aliphatic carbocycles. The molecule has 0 amide bonds. The van der Waals surface area contributed by atoms with Crippen molar-refractivity contribution in [2.45, 2.75) is 32.1 Å². The first-order chi connectivity index (χ1) is 12.7. The van der Waals surface area contributed by atoms with E-state index in [9.17, 15) is 4.39 Å². The molecule has 140 valence electrons. The first-order valence-electron chi connectivity index (χ1n) is 8.72. The maximum atomic E-state index is 13.2. The van der Waals surface area contributed by atoms with E-state index in [1.807, 2.05) is 18.2 Å². The van der Waals surface area contributed by atoms with Crippen molar-refractivity contribution in [1.29, 1.82) is 0 Å². The maximum absolute atomic E-state index is 13.2. The Balaban J connectivity index is 1.67. The Kier molecular flexibility index (Phi) is 6.72. The lowest BCUT2D eigenvalue weighted by molar-refractivity contribution is 0.110. The van der Waals surface area contributed by atoms with Gasteiger partial charge in [0.15, 0.2) is 11.5 Å². The van der Waals surface area contributed by atoms with Crippen LogP contribution in [0.25, 0.3) is 0 Å². The van der Waals surface area contributed by atoms with Crippen LogP contribution in [-0.4, -0.2) is 26.4 Å². The van der Waals surface area contributed by atoms with Gasteiger partial charge in [0.05, 0.1) is 18.2 Å². The Bertz CT molecular complexity index is 735. The van der Waals surface area contributed by atoms with E-state index < -0.39 is 0 Å². The molecule has 2 aromatic rings. The van der Waals surface area contributed by atoms with Crippen molar-refractivity contribution in [2.24, 2.45) is 0 Å².